The molecule has 5 heteroatoms. The average Bonchev–Trinajstić information content (AvgIpc) is 2.46. The summed E-state index contributed by atoms with van der Waals surface area (Å²) in [5.41, 5.74) is 7.49. The van der Waals surface area contributed by atoms with Gasteiger partial charge < -0.3 is 21.2 Å². The lowest BCUT2D eigenvalue weighted by Gasteiger charge is -2.29. The van der Waals surface area contributed by atoms with Gasteiger partial charge in [0.25, 0.3) is 0 Å². The summed E-state index contributed by atoms with van der Waals surface area (Å²) in [4.78, 5) is 2.37. The van der Waals surface area contributed by atoms with Crippen molar-refractivity contribution in [3.63, 3.8) is 0 Å². The Bertz CT molecular complexity index is 422. The van der Waals surface area contributed by atoms with Crippen LogP contribution < -0.4 is 11.1 Å². The normalized spacial score (nSPS) is 18.7. The molecule has 1 aromatic carbocycles. The second-order valence-electron chi connectivity index (χ2n) is 5.14. The van der Waals surface area contributed by atoms with Crippen LogP contribution in [0.2, 0.25) is 0 Å². The van der Waals surface area contributed by atoms with E-state index in [4.69, 9.17) is 10.9 Å². The van der Waals surface area contributed by atoms with Crippen molar-refractivity contribution in [3.05, 3.63) is 35.4 Å². The Morgan fingerprint density at radius 1 is 1.37 bits per heavy atom. The summed E-state index contributed by atoms with van der Waals surface area (Å²) < 4.78 is 0. The Balaban J connectivity index is 1.83. The Morgan fingerprint density at radius 3 is 2.58 bits per heavy atom. The first-order chi connectivity index (χ1) is 9.19. The molecule has 0 atom stereocenters. The first-order valence-corrected chi connectivity index (χ1v) is 6.68. The maximum Gasteiger partial charge on any atom is 0.170 e. The van der Waals surface area contributed by atoms with Crippen LogP contribution in [0.1, 0.15) is 24.0 Å². The van der Waals surface area contributed by atoms with Crippen LogP contribution in [0.15, 0.2) is 29.4 Å². The van der Waals surface area contributed by atoms with E-state index in [-0.39, 0.29) is 5.84 Å². The molecule has 0 spiro atoms. The molecule has 104 valence electrons. The number of likely N-dealkylation sites (tertiary alicyclic amines) is 1. The van der Waals surface area contributed by atoms with Gasteiger partial charge in [0, 0.05) is 18.2 Å². The van der Waals surface area contributed by atoms with E-state index in [1.165, 1.54) is 31.5 Å². The summed E-state index contributed by atoms with van der Waals surface area (Å²) >= 11 is 0. The van der Waals surface area contributed by atoms with Crippen molar-refractivity contribution in [3.8, 4) is 0 Å². The number of nitrogens with two attached hydrogens (primary N) is 1. The maximum atomic E-state index is 8.60. The quantitative estimate of drug-likeness (QED) is 0.327. The summed E-state index contributed by atoms with van der Waals surface area (Å²) in [6.45, 7) is 3.20. The fraction of sp³-hybridized carbons (Fsp3) is 0.500. The van der Waals surface area contributed by atoms with E-state index in [2.05, 4.69) is 22.4 Å². The fourth-order valence-corrected chi connectivity index (χ4v) is 2.33. The van der Waals surface area contributed by atoms with E-state index in [0.717, 1.165) is 12.1 Å². The minimum absolute atomic E-state index is 0.148. The highest BCUT2D eigenvalue weighted by Crippen LogP contribution is 2.10. The van der Waals surface area contributed by atoms with Crippen molar-refractivity contribution in [1.29, 1.82) is 0 Å². The summed E-state index contributed by atoms with van der Waals surface area (Å²) in [6, 6.07) is 8.38. The van der Waals surface area contributed by atoms with Gasteiger partial charge in [-0.3, -0.25) is 0 Å². The smallest absolute Gasteiger partial charge is 0.170 e. The van der Waals surface area contributed by atoms with Gasteiger partial charge in [0.05, 0.1) is 0 Å². The fourth-order valence-electron chi connectivity index (χ4n) is 2.33. The molecule has 0 aromatic heterocycles. The summed E-state index contributed by atoms with van der Waals surface area (Å²) in [6.07, 6.45) is 2.41. The summed E-state index contributed by atoms with van der Waals surface area (Å²) in [5, 5.41) is 15.2. The third kappa shape index (κ3) is 3.94. The molecule has 0 aliphatic carbocycles. The Morgan fingerprint density at radius 2 is 2.00 bits per heavy atom. The lowest BCUT2D eigenvalue weighted by Crippen LogP contribution is -2.40. The van der Waals surface area contributed by atoms with Crippen molar-refractivity contribution in [2.24, 2.45) is 10.9 Å². The van der Waals surface area contributed by atoms with Crippen molar-refractivity contribution >= 4 is 5.84 Å². The molecular weight excluding hydrogens is 240 g/mol. The molecule has 4 N–H and O–H groups in total. The van der Waals surface area contributed by atoms with E-state index < -0.39 is 0 Å². The zero-order valence-corrected chi connectivity index (χ0v) is 11.3. The topological polar surface area (TPSA) is 73.9 Å². The number of hydrogen-bond donors (Lipinski definition) is 3. The first-order valence-electron chi connectivity index (χ1n) is 6.68. The van der Waals surface area contributed by atoms with Crippen LogP contribution in [0.5, 0.6) is 0 Å². The van der Waals surface area contributed by atoms with Gasteiger partial charge in [-0.25, -0.2) is 0 Å². The van der Waals surface area contributed by atoms with Crippen molar-refractivity contribution < 1.29 is 5.21 Å². The van der Waals surface area contributed by atoms with Crippen molar-refractivity contribution in [2.45, 2.75) is 25.4 Å². The molecule has 1 aliphatic rings. The van der Waals surface area contributed by atoms with Crippen molar-refractivity contribution in [1.82, 2.24) is 10.2 Å². The molecule has 1 saturated heterocycles. The van der Waals surface area contributed by atoms with Gasteiger partial charge in [-0.05, 0) is 38.5 Å². The highest BCUT2D eigenvalue weighted by Gasteiger charge is 2.15. The highest BCUT2D eigenvalue weighted by molar-refractivity contribution is 5.96. The van der Waals surface area contributed by atoms with Gasteiger partial charge in [-0.2, -0.15) is 0 Å². The largest absolute Gasteiger partial charge is 0.409 e. The Kier molecular flexibility index (Phi) is 4.76. The first kappa shape index (κ1) is 13.8. The lowest BCUT2D eigenvalue weighted by atomic mass is 10.0. The number of amidine groups is 1. The molecular formula is C14H22N4O. The number of piperidine rings is 1. The van der Waals surface area contributed by atoms with E-state index in [1.807, 2.05) is 24.3 Å². The van der Waals surface area contributed by atoms with Gasteiger partial charge in [0.2, 0.25) is 0 Å². The number of benzene rings is 1. The molecule has 0 saturated carbocycles. The van der Waals surface area contributed by atoms with E-state index in [1.54, 1.807) is 0 Å². The van der Waals surface area contributed by atoms with Gasteiger partial charge >= 0.3 is 0 Å². The molecule has 1 heterocycles. The molecule has 0 bridgehead atoms. The lowest BCUT2D eigenvalue weighted by molar-refractivity contribution is 0.234. The minimum atomic E-state index is 0.148. The predicted octanol–water partition coefficient (Wildman–Crippen LogP) is 0.965. The third-order valence-corrected chi connectivity index (χ3v) is 3.67. The minimum Gasteiger partial charge on any atom is -0.409 e. The average molecular weight is 262 g/mol. The van der Waals surface area contributed by atoms with Crippen LogP contribution in [0.4, 0.5) is 0 Å². The highest BCUT2D eigenvalue weighted by atomic mass is 16.4. The molecule has 19 heavy (non-hydrogen) atoms. The molecule has 0 unspecified atom stereocenters. The van der Waals surface area contributed by atoms with Gasteiger partial charge in [0.1, 0.15) is 0 Å². The van der Waals surface area contributed by atoms with E-state index >= 15 is 0 Å². The third-order valence-electron chi connectivity index (χ3n) is 3.67. The molecule has 1 aromatic rings. The second-order valence-corrected chi connectivity index (χ2v) is 5.14. The van der Waals surface area contributed by atoms with Gasteiger partial charge in [-0.15, -0.1) is 0 Å². The van der Waals surface area contributed by atoms with Crippen LogP contribution in [-0.4, -0.2) is 42.1 Å². The van der Waals surface area contributed by atoms with E-state index in [9.17, 15) is 0 Å². The predicted molar refractivity (Wildman–Crippen MR) is 76.3 cm³/mol. The molecule has 2 rings (SSSR count). The second kappa shape index (κ2) is 6.54. The van der Waals surface area contributed by atoms with Crippen LogP contribution in [0.25, 0.3) is 0 Å². The van der Waals surface area contributed by atoms with Crippen LogP contribution >= 0.6 is 0 Å². The number of hydrogen-bond acceptors (Lipinski definition) is 4. The molecule has 5 nitrogen and oxygen atoms in total. The summed E-state index contributed by atoms with van der Waals surface area (Å²) in [7, 11) is 2.17. The van der Waals surface area contributed by atoms with Crippen LogP contribution in [0.3, 0.4) is 0 Å². The standard InChI is InChI=1S/C14H22N4O/c1-18-8-6-13(7-9-18)16-10-11-2-4-12(5-3-11)14(15)17-19/h2-5,13,16,19H,6-10H2,1H3,(H2,15,17). The SMILES string of the molecule is CN1CCC(NCc2ccc(C(N)=NO)cc2)CC1. The van der Waals surface area contributed by atoms with Crippen molar-refractivity contribution in [2.75, 3.05) is 20.1 Å². The molecule has 1 aliphatic heterocycles. The Labute approximate surface area is 114 Å². The van der Waals surface area contributed by atoms with Crippen LogP contribution in [0, 0.1) is 0 Å². The zero-order chi connectivity index (χ0) is 13.7. The zero-order valence-electron chi connectivity index (χ0n) is 11.3. The molecule has 0 amide bonds. The van der Waals surface area contributed by atoms with Gasteiger partial charge in [-0.1, -0.05) is 29.4 Å². The number of rotatable bonds is 4. The van der Waals surface area contributed by atoms with E-state index in [0.29, 0.717) is 6.04 Å². The summed E-state index contributed by atoms with van der Waals surface area (Å²) in [5.74, 6) is 0.148. The Hall–Kier alpha value is -1.59. The number of nitrogens with zero attached hydrogens (tertiary/aromatic N) is 2. The number of oxime groups is 1. The molecule has 1 fully saturated rings. The maximum absolute atomic E-state index is 8.60. The molecule has 0 radical (unpaired) electrons. The van der Waals surface area contributed by atoms with Crippen LogP contribution in [-0.2, 0) is 6.54 Å². The monoisotopic (exact) mass is 262 g/mol. The van der Waals surface area contributed by atoms with Gasteiger partial charge in [0.15, 0.2) is 5.84 Å². The number of nitrogens with one attached hydrogen (secondary N) is 1.